The molecule has 35 heavy (non-hydrogen) atoms. The predicted octanol–water partition coefficient (Wildman–Crippen LogP) is 5.29. The molecule has 0 saturated carbocycles. The van der Waals surface area contributed by atoms with Gasteiger partial charge < -0.3 is 14.5 Å². The lowest BCUT2D eigenvalue weighted by Crippen LogP contribution is -2.38. The van der Waals surface area contributed by atoms with Gasteiger partial charge in [0, 0.05) is 37.7 Å². The van der Waals surface area contributed by atoms with Crippen LogP contribution in [0.15, 0.2) is 42.5 Å². The number of aryl methyl sites for hydroxylation is 1. The Labute approximate surface area is 203 Å². The number of halogens is 2. The Morgan fingerprint density at radius 2 is 1.80 bits per heavy atom. The van der Waals surface area contributed by atoms with Gasteiger partial charge in [-0.1, -0.05) is 25.1 Å². The standard InChI is InChI=1S/C27H28F2N4O2/c1-17-9-12-32(13-10-17)27-30-24-11-14-33(26(34)20-6-4-3-5-18(20)2)16-21(24)25(31-27)35-19-7-8-22(28)23(29)15-19/h3-8,15,17H,9-14,16H2,1-2H3. The molecule has 0 bridgehead atoms. The smallest absolute Gasteiger partial charge is 0.254 e. The van der Waals surface area contributed by atoms with Gasteiger partial charge in [-0.15, -0.1) is 0 Å². The minimum absolute atomic E-state index is 0.0679. The number of hydrogen-bond donors (Lipinski definition) is 0. The zero-order chi connectivity index (χ0) is 24.5. The van der Waals surface area contributed by atoms with E-state index in [0.717, 1.165) is 49.3 Å². The molecular weight excluding hydrogens is 450 g/mol. The summed E-state index contributed by atoms with van der Waals surface area (Å²) in [6, 6.07) is 10.9. The summed E-state index contributed by atoms with van der Waals surface area (Å²) >= 11 is 0. The van der Waals surface area contributed by atoms with Gasteiger partial charge in [-0.25, -0.2) is 13.8 Å². The number of ether oxygens (including phenoxy) is 1. The Hall–Kier alpha value is -3.55. The fraction of sp³-hybridized carbons (Fsp3) is 0.370. The van der Waals surface area contributed by atoms with E-state index < -0.39 is 11.6 Å². The fourth-order valence-electron chi connectivity index (χ4n) is 4.61. The van der Waals surface area contributed by atoms with E-state index in [1.807, 2.05) is 31.2 Å². The van der Waals surface area contributed by atoms with Crippen molar-refractivity contribution in [3.05, 3.63) is 76.5 Å². The van der Waals surface area contributed by atoms with Crippen molar-refractivity contribution in [2.45, 2.75) is 39.7 Å². The molecule has 2 aromatic carbocycles. The zero-order valence-corrected chi connectivity index (χ0v) is 19.9. The van der Waals surface area contributed by atoms with Gasteiger partial charge in [0.15, 0.2) is 11.6 Å². The minimum atomic E-state index is -0.993. The second-order valence-electron chi connectivity index (χ2n) is 9.39. The molecule has 6 nitrogen and oxygen atoms in total. The molecule has 0 radical (unpaired) electrons. The van der Waals surface area contributed by atoms with E-state index in [-0.39, 0.29) is 24.1 Å². The summed E-state index contributed by atoms with van der Waals surface area (Å²) < 4.78 is 33.3. The predicted molar refractivity (Wildman–Crippen MR) is 129 cm³/mol. The average molecular weight is 479 g/mol. The number of benzene rings is 2. The number of anilines is 1. The summed E-state index contributed by atoms with van der Waals surface area (Å²) in [6.45, 7) is 6.66. The van der Waals surface area contributed by atoms with Gasteiger partial charge >= 0.3 is 0 Å². The second-order valence-corrected chi connectivity index (χ2v) is 9.39. The molecule has 2 aliphatic heterocycles. The molecule has 0 spiro atoms. The highest BCUT2D eigenvalue weighted by molar-refractivity contribution is 5.95. The number of aromatic nitrogens is 2. The van der Waals surface area contributed by atoms with Crippen LogP contribution in [0.2, 0.25) is 0 Å². The van der Waals surface area contributed by atoms with Crippen LogP contribution in [0.25, 0.3) is 0 Å². The third-order valence-electron chi connectivity index (χ3n) is 6.85. The summed E-state index contributed by atoms with van der Waals surface area (Å²) in [5, 5.41) is 0. The number of fused-ring (bicyclic) bond motifs is 1. The lowest BCUT2D eigenvalue weighted by Gasteiger charge is -2.33. The number of rotatable bonds is 4. The number of carbonyl (C=O) groups is 1. The molecule has 0 atom stereocenters. The van der Waals surface area contributed by atoms with E-state index in [9.17, 15) is 13.6 Å². The number of amides is 1. The highest BCUT2D eigenvalue weighted by atomic mass is 19.2. The van der Waals surface area contributed by atoms with Crippen LogP contribution in [0.4, 0.5) is 14.7 Å². The van der Waals surface area contributed by atoms with Crippen LogP contribution in [0.1, 0.15) is 46.9 Å². The second kappa shape index (κ2) is 9.60. The van der Waals surface area contributed by atoms with Crippen molar-refractivity contribution in [1.29, 1.82) is 0 Å². The Bertz CT molecular complexity index is 1260. The molecule has 5 rings (SSSR count). The number of carbonyl (C=O) groups excluding carboxylic acids is 1. The van der Waals surface area contributed by atoms with E-state index in [1.54, 1.807) is 4.90 Å². The summed E-state index contributed by atoms with van der Waals surface area (Å²) in [5.41, 5.74) is 3.07. The van der Waals surface area contributed by atoms with E-state index in [0.29, 0.717) is 36.0 Å². The summed E-state index contributed by atoms with van der Waals surface area (Å²) in [4.78, 5) is 26.7. The zero-order valence-electron chi connectivity index (χ0n) is 19.9. The average Bonchev–Trinajstić information content (AvgIpc) is 2.86. The molecule has 1 aromatic heterocycles. The van der Waals surface area contributed by atoms with Crippen LogP contribution in [0.3, 0.4) is 0 Å². The van der Waals surface area contributed by atoms with E-state index in [2.05, 4.69) is 11.8 Å². The Morgan fingerprint density at radius 1 is 1.03 bits per heavy atom. The normalized spacial score (nSPS) is 16.2. The van der Waals surface area contributed by atoms with Crippen molar-refractivity contribution in [3.8, 4) is 11.6 Å². The lowest BCUT2D eigenvalue weighted by molar-refractivity contribution is 0.0731. The Morgan fingerprint density at radius 3 is 2.54 bits per heavy atom. The molecule has 1 fully saturated rings. The quantitative estimate of drug-likeness (QED) is 0.510. The number of piperidine rings is 1. The SMILES string of the molecule is Cc1ccccc1C(=O)N1CCc2nc(N3CCC(C)CC3)nc(Oc3ccc(F)c(F)c3)c2C1. The van der Waals surface area contributed by atoms with Crippen LogP contribution in [-0.4, -0.2) is 40.4 Å². The maximum Gasteiger partial charge on any atom is 0.254 e. The molecule has 1 amide bonds. The topological polar surface area (TPSA) is 58.6 Å². The van der Waals surface area contributed by atoms with Crippen molar-refractivity contribution >= 4 is 11.9 Å². The fourth-order valence-corrected chi connectivity index (χ4v) is 4.61. The third kappa shape index (κ3) is 4.83. The van der Waals surface area contributed by atoms with Crippen LogP contribution in [-0.2, 0) is 13.0 Å². The highest BCUT2D eigenvalue weighted by Gasteiger charge is 2.29. The van der Waals surface area contributed by atoms with Crippen molar-refractivity contribution in [1.82, 2.24) is 14.9 Å². The van der Waals surface area contributed by atoms with Crippen molar-refractivity contribution in [3.63, 3.8) is 0 Å². The van der Waals surface area contributed by atoms with Crippen molar-refractivity contribution in [2.24, 2.45) is 5.92 Å². The van der Waals surface area contributed by atoms with Crippen LogP contribution in [0.5, 0.6) is 11.6 Å². The maximum absolute atomic E-state index is 13.9. The molecule has 0 N–H and O–H groups in total. The van der Waals surface area contributed by atoms with E-state index in [1.165, 1.54) is 6.07 Å². The van der Waals surface area contributed by atoms with E-state index in [4.69, 9.17) is 14.7 Å². The van der Waals surface area contributed by atoms with Gasteiger partial charge in [-0.2, -0.15) is 4.98 Å². The maximum atomic E-state index is 13.9. The lowest BCUT2D eigenvalue weighted by atomic mass is 9.99. The summed E-state index contributed by atoms with van der Waals surface area (Å²) in [7, 11) is 0. The molecule has 3 aromatic rings. The Balaban J connectivity index is 1.49. The van der Waals surface area contributed by atoms with Gasteiger partial charge in [-0.05, 0) is 49.4 Å². The monoisotopic (exact) mass is 478 g/mol. The third-order valence-corrected chi connectivity index (χ3v) is 6.85. The van der Waals surface area contributed by atoms with Crippen LogP contribution >= 0.6 is 0 Å². The first kappa shape index (κ1) is 23.2. The first-order chi connectivity index (χ1) is 16.9. The van der Waals surface area contributed by atoms with Crippen LogP contribution < -0.4 is 9.64 Å². The number of hydrogen-bond acceptors (Lipinski definition) is 5. The molecule has 2 aliphatic rings. The molecule has 0 unspecified atom stereocenters. The molecule has 182 valence electrons. The van der Waals surface area contributed by atoms with Gasteiger partial charge in [0.1, 0.15) is 5.75 Å². The van der Waals surface area contributed by atoms with Gasteiger partial charge in [0.2, 0.25) is 11.8 Å². The van der Waals surface area contributed by atoms with Gasteiger partial charge in [0.25, 0.3) is 5.91 Å². The largest absolute Gasteiger partial charge is 0.438 e. The molecule has 8 heteroatoms. The molecule has 1 saturated heterocycles. The molecular formula is C27H28F2N4O2. The van der Waals surface area contributed by atoms with Gasteiger partial charge in [-0.3, -0.25) is 4.79 Å². The van der Waals surface area contributed by atoms with Gasteiger partial charge in [0.05, 0.1) is 17.8 Å². The van der Waals surface area contributed by atoms with Crippen molar-refractivity contribution in [2.75, 3.05) is 24.5 Å². The minimum Gasteiger partial charge on any atom is -0.438 e. The van der Waals surface area contributed by atoms with E-state index >= 15 is 0 Å². The van der Waals surface area contributed by atoms with Crippen molar-refractivity contribution < 1.29 is 18.3 Å². The molecule has 0 aliphatic carbocycles. The first-order valence-electron chi connectivity index (χ1n) is 12.0. The first-order valence-corrected chi connectivity index (χ1v) is 12.0. The molecule has 3 heterocycles. The van der Waals surface area contributed by atoms with Crippen LogP contribution in [0, 0.1) is 24.5 Å². The summed E-state index contributed by atoms with van der Waals surface area (Å²) in [6.07, 6.45) is 2.66. The highest BCUT2D eigenvalue weighted by Crippen LogP contribution is 2.33. The summed E-state index contributed by atoms with van der Waals surface area (Å²) in [5.74, 6) is -0.356. The Kier molecular flexibility index (Phi) is 6.36. The number of nitrogens with zero attached hydrogens (tertiary/aromatic N) is 4.